The highest BCUT2D eigenvalue weighted by Gasteiger charge is 2.34. The Labute approximate surface area is 159 Å². The zero-order chi connectivity index (χ0) is 19.0. The molecule has 1 atom stereocenters. The van der Waals surface area contributed by atoms with Gasteiger partial charge in [0.1, 0.15) is 11.4 Å². The van der Waals surface area contributed by atoms with E-state index in [1.165, 1.54) is 10.8 Å². The SMILES string of the molecule is CC(C)(C)OC(=O)N1CCCC1c1ncc(-c2cccc3ccccc23)[nH]1. The predicted octanol–water partition coefficient (Wildman–Crippen LogP) is 5.30. The number of aromatic amines is 1. The highest BCUT2D eigenvalue weighted by Crippen LogP contribution is 2.34. The van der Waals surface area contributed by atoms with E-state index in [4.69, 9.17) is 4.74 Å². The first kappa shape index (κ1) is 17.6. The van der Waals surface area contributed by atoms with E-state index in [1.807, 2.05) is 39.1 Å². The van der Waals surface area contributed by atoms with Gasteiger partial charge >= 0.3 is 6.09 Å². The summed E-state index contributed by atoms with van der Waals surface area (Å²) in [4.78, 5) is 22.4. The number of H-pyrrole nitrogens is 1. The van der Waals surface area contributed by atoms with Gasteiger partial charge in [-0.15, -0.1) is 0 Å². The summed E-state index contributed by atoms with van der Waals surface area (Å²) in [5.41, 5.74) is 1.59. The molecule has 1 saturated heterocycles. The van der Waals surface area contributed by atoms with Gasteiger partial charge < -0.3 is 9.72 Å². The lowest BCUT2D eigenvalue weighted by Crippen LogP contribution is -2.36. The van der Waals surface area contributed by atoms with Gasteiger partial charge in [0.25, 0.3) is 0 Å². The third-order valence-corrected chi connectivity index (χ3v) is 4.87. The molecule has 1 aromatic heterocycles. The summed E-state index contributed by atoms with van der Waals surface area (Å²) in [6, 6.07) is 14.5. The Balaban J connectivity index is 1.63. The maximum Gasteiger partial charge on any atom is 0.410 e. The number of fused-ring (bicyclic) bond motifs is 1. The molecule has 5 nitrogen and oxygen atoms in total. The van der Waals surface area contributed by atoms with Crippen LogP contribution in [0.15, 0.2) is 48.7 Å². The van der Waals surface area contributed by atoms with Gasteiger partial charge in [-0.3, -0.25) is 4.90 Å². The number of hydrogen-bond acceptors (Lipinski definition) is 3. The molecule has 4 rings (SSSR count). The lowest BCUT2D eigenvalue weighted by atomic mass is 10.0. The lowest BCUT2D eigenvalue weighted by Gasteiger charge is -2.27. The number of hydrogen-bond donors (Lipinski definition) is 1. The Morgan fingerprint density at radius 2 is 1.96 bits per heavy atom. The minimum atomic E-state index is -0.499. The molecule has 1 aliphatic rings. The van der Waals surface area contributed by atoms with Gasteiger partial charge in [-0.25, -0.2) is 9.78 Å². The van der Waals surface area contributed by atoms with Crippen LogP contribution in [0.3, 0.4) is 0 Å². The molecule has 2 heterocycles. The molecular weight excluding hydrogens is 338 g/mol. The number of aromatic nitrogens is 2. The first-order chi connectivity index (χ1) is 12.9. The van der Waals surface area contributed by atoms with Crippen LogP contribution in [-0.4, -0.2) is 33.1 Å². The summed E-state index contributed by atoms with van der Waals surface area (Å²) in [5.74, 6) is 0.821. The fourth-order valence-electron chi connectivity index (χ4n) is 3.69. The molecule has 0 aliphatic carbocycles. The summed E-state index contributed by atoms with van der Waals surface area (Å²) in [6.07, 6.45) is 3.44. The maximum atomic E-state index is 12.6. The van der Waals surface area contributed by atoms with Crippen molar-refractivity contribution in [3.63, 3.8) is 0 Å². The molecular formula is C22H25N3O2. The van der Waals surface area contributed by atoms with E-state index in [0.29, 0.717) is 6.54 Å². The molecule has 140 valence electrons. The summed E-state index contributed by atoms with van der Waals surface area (Å²) >= 11 is 0. The van der Waals surface area contributed by atoms with Gasteiger partial charge in [-0.05, 0) is 44.4 Å². The third-order valence-electron chi connectivity index (χ3n) is 4.87. The molecule has 0 bridgehead atoms. The van der Waals surface area contributed by atoms with E-state index in [9.17, 15) is 4.79 Å². The summed E-state index contributed by atoms with van der Waals surface area (Å²) in [6.45, 7) is 6.37. The van der Waals surface area contributed by atoms with Crippen molar-refractivity contribution >= 4 is 16.9 Å². The first-order valence-corrected chi connectivity index (χ1v) is 9.45. The standard InChI is InChI=1S/C22H25N3O2/c1-22(2,3)27-21(26)25-13-7-12-19(25)20-23-14-18(24-20)17-11-6-9-15-8-4-5-10-16(15)17/h4-6,8-11,14,19H,7,12-13H2,1-3H3,(H,23,24). The predicted molar refractivity (Wildman–Crippen MR) is 106 cm³/mol. The molecule has 1 N–H and O–H groups in total. The number of ether oxygens (including phenoxy) is 1. The molecule has 5 heteroatoms. The Bertz CT molecular complexity index is 966. The Hall–Kier alpha value is -2.82. The quantitative estimate of drug-likeness (QED) is 0.672. The first-order valence-electron chi connectivity index (χ1n) is 9.45. The van der Waals surface area contributed by atoms with Crippen LogP contribution in [0.25, 0.3) is 22.0 Å². The zero-order valence-electron chi connectivity index (χ0n) is 16.0. The van der Waals surface area contributed by atoms with Crippen molar-refractivity contribution in [1.29, 1.82) is 0 Å². The minimum Gasteiger partial charge on any atom is -0.444 e. The Morgan fingerprint density at radius 3 is 2.78 bits per heavy atom. The molecule has 3 aromatic rings. The van der Waals surface area contributed by atoms with Gasteiger partial charge in [0.15, 0.2) is 0 Å². The van der Waals surface area contributed by atoms with Crippen LogP contribution in [0.4, 0.5) is 4.79 Å². The van der Waals surface area contributed by atoms with E-state index in [1.54, 1.807) is 4.90 Å². The second kappa shape index (κ2) is 6.72. The highest BCUT2D eigenvalue weighted by molar-refractivity contribution is 5.95. The van der Waals surface area contributed by atoms with Crippen LogP contribution in [0.5, 0.6) is 0 Å². The molecule has 2 aromatic carbocycles. The van der Waals surface area contributed by atoms with E-state index in [2.05, 4.69) is 40.3 Å². The number of rotatable bonds is 2. The highest BCUT2D eigenvalue weighted by atomic mass is 16.6. The summed E-state index contributed by atoms with van der Waals surface area (Å²) in [5, 5.41) is 2.38. The molecule has 27 heavy (non-hydrogen) atoms. The van der Waals surface area contributed by atoms with Gasteiger partial charge in [0.05, 0.1) is 17.9 Å². The minimum absolute atomic E-state index is 0.0661. The number of imidazole rings is 1. The fourth-order valence-corrected chi connectivity index (χ4v) is 3.69. The molecule has 0 saturated carbocycles. The molecule has 1 fully saturated rings. The van der Waals surface area contributed by atoms with Crippen molar-refractivity contribution in [2.75, 3.05) is 6.54 Å². The van der Waals surface area contributed by atoms with E-state index >= 15 is 0 Å². The van der Waals surface area contributed by atoms with Crippen molar-refractivity contribution < 1.29 is 9.53 Å². The molecule has 1 unspecified atom stereocenters. The van der Waals surface area contributed by atoms with Crippen LogP contribution in [-0.2, 0) is 4.74 Å². The Kier molecular flexibility index (Phi) is 4.38. The van der Waals surface area contributed by atoms with E-state index < -0.39 is 5.60 Å². The molecule has 1 amide bonds. The van der Waals surface area contributed by atoms with Crippen LogP contribution < -0.4 is 0 Å². The lowest BCUT2D eigenvalue weighted by molar-refractivity contribution is 0.0219. The average Bonchev–Trinajstić information content (AvgIpc) is 3.29. The van der Waals surface area contributed by atoms with Crippen LogP contribution in [0, 0.1) is 0 Å². The van der Waals surface area contributed by atoms with Gasteiger partial charge in [0.2, 0.25) is 0 Å². The van der Waals surface area contributed by atoms with Crippen LogP contribution >= 0.6 is 0 Å². The second-order valence-electron chi connectivity index (χ2n) is 8.04. The topological polar surface area (TPSA) is 58.2 Å². The number of amides is 1. The van der Waals surface area contributed by atoms with E-state index in [-0.39, 0.29) is 12.1 Å². The number of likely N-dealkylation sites (tertiary alicyclic amines) is 1. The van der Waals surface area contributed by atoms with Crippen LogP contribution in [0.1, 0.15) is 45.5 Å². The van der Waals surface area contributed by atoms with Crippen molar-refractivity contribution in [2.24, 2.45) is 0 Å². The number of benzene rings is 2. The summed E-state index contributed by atoms with van der Waals surface area (Å²) < 4.78 is 5.57. The average molecular weight is 363 g/mol. The van der Waals surface area contributed by atoms with Crippen LogP contribution in [0.2, 0.25) is 0 Å². The summed E-state index contributed by atoms with van der Waals surface area (Å²) in [7, 11) is 0. The fraction of sp³-hybridized carbons (Fsp3) is 0.364. The number of carbonyl (C=O) groups excluding carboxylic acids is 1. The van der Waals surface area contributed by atoms with Gasteiger partial charge in [-0.2, -0.15) is 0 Å². The number of carbonyl (C=O) groups is 1. The molecule has 0 radical (unpaired) electrons. The smallest absolute Gasteiger partial charge is 0.410 e. The Morgan fingerprint density at radius 1 is 1.19 bits per heavy atom. The third kappa shape index (κ3) is 3.54. The number of nitrogens with zero attached hydrogens (tertiary/aromatic N) is 2. The number of nitrogens with one attached hydrogen (secondary N) is 1. The monoisotopic (exact) mass is 363 g/mol. The largest absolute Gasteiger partial charge is 0.444 e. The van der Waals surface area contributed by atoms with Crippen molar-refractivity contribution in [1.82, 2.24) is 14.9 Å². The van der Waals surface area contributed by atoms with Gasteiger partial charge in [-0.1, -0.05) is 42.5 Å². The molecule has 0 spiro atoms. The van der Waals surface area contributed by atoms with E-state index in [0.717, 1.165) is 29.9 Å². The normalized spacial score (nSPS) is 17.4. The second-order valence-corrected chi connectivity index (χ2v) is 8.04. The van der Waals surface area contributed by atoms with Crippen molar-refractivity contribution in [2.45, 2.75) is 45.3 Å². The molecule has 1 aliphatic heterocycles. The maximum absolute atomic E-state index is 12.6. The zero-order valence-corrected chi connectivity index (χ0v) is 16.0. The van der Waals surface area contributed by atoms with Crippen molar-refractivity contribution in [3.8, 4) is 11.3 Å². The van der Waals surface area contributed by atoms with Gasteiger partial charge in [0, 0.05) is 12.1 Å². The van der Waals surface area contributed by atoms with Crippen molar-refractivity contribution in [3.05, 3.63) is 54.5 Å².